The van der Waals surface area contributed by atoms with Gasteiger partial charge in [0.1, 0.15) is 16.7 Å². The number of hydrogen-bond acceptors (Lipinski definition) is 7. The number of thiazole rings is 1. The van der Waals surface area contributed by atoms with Gasteiger partial charge >= 0.3 is 12.1 Å². The predicted octanol–water partition coefficient (Wildman–Crippen LogP) is 4.29. The highest BCUT2D eigenvalue weighted by atomic mass is 32.1. The summed E-state index contributed by atoms with van der Waals surface area (Å²) >= 11 is 1.35. The second-order valence-corrected chi connectivity index (χ2v) is 8.54. The van der Waals surface area contributed by atoms with Crippen molar-refractivity contribution in [1.29, 1.82) is 0 Å². The first-order chi connectivity index (χ1) is 12.5. The maximum absolute atomic E-state index is 12.5. The van der Waals surface area contributed by atoms with Crippen LogP contribution in [0.25, 0.3) is 0 Å². The van der Waals surface area contributed by atoms with Gasteiger partial charge in [0.2, 0.25) is 0 Å². The molecule has 8 heteroatoms. The van der Waals surface area contributed by atoms with Gasteiger partial charge in [0.05, 0.1) is 6.61 Å². The molecule has 0 N–H and O–H groups in total. The number of hydrogen-bond donors (Lipinski definition) is 0. The fourth-order valence-corrected chi connectivity index (χ4v) is 3.47. The summed E-state index contributed by atoms with van der Waals surface area (Å²) in [6.07, 6.45) is -0.169. The first-order valence-corrected chi connectivity index (χ1v) is 9.99. The minimum absolute atomic E-state index is 0.111. The number of nitrogens with zero attached hydrogens (tertiary/aromatic N) is 2. The van der Waals surface area contributed by atoms with Gasteiger partial charge in [0.25, 0.3) is 0 Å². The minimum Gasteiger partial charge on any atom is -0.461 e. The number of carbonyl (C=O) groups excluding carboxylic acids is 2. The third-order valence-electron chi connectivity index (χ3n) is 3.97. The van der Waals surface area contributed by atoms with E-state index in [9.17, 15) is 9.59 Å². The molecule has 1 aromatic heterocycles. The monoisotopic (exact) mass is 400 g/mol. The lowest BCUT2D eigenvalue weighted by atomic mass is 9.97. The summed E-state index contributed by atoms with van der Waals surface area (Å²) in [4.78, 5) is 30.3. The Morgan fingerprint density at radius 3 is 2.41 bits per heavy atom. The molecule has 2 unspecified atom stereocenters. The molecule has 0 spiro atoms. The molecular weight excluding hydrogens is 368 g/mol. The van der Waals surface area contributed by atoms with Crippen LogP contribution in [0.4, 0.5) is 4.79 Å². The van der Waals surface area contributed by atoms with Gasteiger partial charge < -0.3 is 19.1 Å². The first kappa shape index (κ1) is 23.4. The molecule has 0 aliphatic rings. The van der Waals surface area contributed by atoms with Crippen molar-refractivity contribution in [2.24, 2.45) is 5.92 Å². The van der Waals surface area contributed by atoms with E-state index in [2.05, 4.69) is 4.98 Å². The number of amides is 1. The van der Waals surface area contributed by atoms with E-state index in [0.717, 1.165) is 0 Å². The lowest BCUT2D eigenvalue weighted by Gasteiger charge is -2.34. The van der Waals surface area contributed by atoms with Gasteiger partial charge in [-0.2, -0.15) is 0 Å². The van der Waals surface area contributed by atoms with Crippen LogP contribution in [0, 0.1) is 5.92 Å². The van der Waals surface area contributed by atoms with Crippen LogP contribution in [0.3, 0.4) is 0 Å². The van der Waals surface area contributed by atoms with Gasteiger partial charge in [-0.15, -0.1) is 11.3 Å². The van der Waals surface area contributed by atoms with E-state index in [-0.39, 0.29) is 29.9 Å². The summed E-state index contributed by atoms with van der Waals surface area (Å²) < 4.78 is 16.1. The largest absolute Gasteiger partial charge is 0.461 e. The van der Waals surface area contributed by atoms with Gasteiger partial charge in [-0.05, 0) is 33.6 Å². The molecule has 1 heterocycles. The number of aromatic nitrogens is 1. The zero-order chi connectivity index (χ0) is 20.8. The SMILES string of the molecule is CCOC(=O)c1csc(C(CC(C(C)C)N(C)C(=O)OC(C)(C)C)OC)n1. The van der Waals surface area contributed by atoms with Gasteiger partial charge in [0.15, 0.2) is 5.69 Å². The average molecular weight is 401 g/mol. The van der Waals surface area contributed by atoms with Crippen molar-refractivity contribution in [3.05, 3.63) is 16.1 Å². The number of methoxy groups -OCH3 is 1. The first-order valence-electron chi connectivity index (χ1n) is 9.11. The quantitative estimate of drug-likeness (QED) is 0.606. The molecule has 2 atom stereocenters. The number of carbonyl (C=O) groups is 2. The smallest absolute Gasteiger partial charge is 0.410 e. The molecule has 1 aromatic rings. The van der Waals surface area contributed by atoms with E-state index >= 15 is 0 Å². The Bertz CT molecular complexity index is 624. The summed E-state index contributed by atoms with van der Waals surface area (Å²) in [6, 6.07) is -0.111. The summed E-state index contributed by atoms with van der Waals surface area (Å²) in [7, 11) is 3.33. The average Bonchev–Trinajstić information content (AvgIpc) is 3.03. The van der Waals surface area contributed by atoms with E-state index in [0.29, 0.717) is 18.0 Å². The van der Waals surface area contributed by atoms with Crippen LogP contribution in [0.1, 0.15) is 69.6 Å². The van der Waals surface area contributed by atoms with Crippen molar-refractivity contribution in [2.75, 3.05) is 20.8 Å². The highest BCUT2D eigenvalue weighted by molar-refractivity contribution is 7.09. The van der Waals surface area contributed by atoms with Crippen LogP contribution >= 0.6 is 11.3 Å². The highest BCUT2D eigenvalue weighted by Gasteiger charge is 2.31. The van der Waals surface area contributed by atoms with Crippen LogP contribution in [0.2, 0.25) is 0 Å². The summed E-state index contributed by atoms with van der Waals surface area (Å²) in [6.45, 7) is 11.7. The van der Waals surface area contributed by atoms with Crippen molar-refractivity contribution in [2.45, 2.75) is 65.7 Å². The second kappa shape index (κ2) is 10.0. The number of esters is 1. The van der Waals surface area contributed by atoms with Crippen molar-refractivity contribution >= 4 is 23.4 Å². The Balaban J connectivity index is 2.93. The molecule has 0 radical (unpaired) electrons. The van der Waals surface area contributed by atoms with Gasteiger partial charge in [-0.25, -0.2) is 14.6 Å². The van der Waals surface area contributed by atoms with Gasteiger partial charge in [-0.1, -0.05) is 13.8 Å². The number of ether oxygens (including phenoxy) is 3. The summed E-state index contributed by atoms with van der Waals surface area (Å²) in [5.74, 6) is -0.259. The molecule has 27 heavy (non-hydrogen) atoms. The topological polar surface area (TPSA) is 78.0 Å². The molecule has 0 fully saturated rings. The molecule has 0 aliphatic heterocycles. The van der Waals surface area contributed by atoms with Crippen molar-refractivity contribution in [3.63, 3.8) is 0 Å². The molecule has 154 valence electrons. The maximum Gasteiger partial charge on any atom is 0.410 e. The zero-order valence-corrected chi connectivity index (χ0v) is 18.4. The Morgan fingerprint density at radius 2 is 1.93 bits per heavy atom. The molecule has 0 aromatic carbocycles. The van der Waals surface area contributed by atoms with Crippen molar-refractivity contribution < 1.29 is 23.8 Å². The van der Waals surface area contributed by atoms with Gasteiger partial charge in [-0.3, -0.25) is 0 Å². The van der Waals surface area contributed by atoms with E-state index < -0.39 is 11.6 Å². The Labute approximate surface area is 166 Å². The van der Waals surface area contributed by atoms with Crippen LogP contribution in [-0.4, -0.2) is 54.4 Å². The van der Waals surface area contributed by atoms with Crippen LogP contribution in [0.15, 0.2) is 5.38 Å². The summed E-state index contributed by atoms with van der Waals surface area (Å²) in [5, 5.41) is 2.35. The fourth-order valence-electron chi connectivity index (χ4n) is 2.60. The fraction of sp³-hybridized carbons (Fsp3) is 0.737. The second-order valence-electron chi connectivity index (χ2n) is 7.65. The Morgan fingerprint density at radius 1 is 1.30 bits per heavy atom. The maximum atomic E-state index is 12.5. The number of rotatable bonds is 8. The van der Waals surface area contributed by atoms with Crippen molar-refractivity contribution in [3.8, 4) is 0 Å². The Hall–Kier alpha value is -1.67. The lowest BCUT2D eigenvalue weighted by Crippen LogP contribution is -2.44. The molecule has 0 saturated heterocycles. The molecule has 0 bridgehead atoms. The summed E-state index contributed by atoms with van der Waals surface area (Å²) in [5.41, 5.74) is -0.280. The highest BCUT2D eigenvalue weighted by Crippen LogP contribution is 2.30. The zero-order valence-electron chi connectivity index (χ0n) is 17.6. The third kappa shape index (κ3) is 7.10. The van der Waals surface area contributed by atoms with Crippen LogP contribution < -0.4 is 0 Å². The molecular formula is C19H32N2O5S. The molecule has 0 aliphatic carbocycles. The Kier molecular flexibility index (Phi) is 8.68. The normalized spacial score (nSPS) is 14.0. The molecule has 0 saturated carbocycles. The van der Waals surface area contributed by atoms with Crippen LogP contribution in [-0.2, 0) is 14.2 Å². The molecule has 7 nitrogen and oxygen atoms in total. The van der Waals surface area contributed by atoms with E-state index in [1.54, 1.807) is 31.4 Å². The van der Waals surface area contributed by atoms with Crippen molar-refractivity contribution in [1.82, 2.24) is 9.88 Å². The van der Waals surface area contributed by atoms with Crippen LogP contribution in [0.5, 0.6) is 0 Å². The van der Waals surface area contributed by atoms with E-state index in [1.807, 2.05) is 34.6 Å². The lowest BCUT2D eigenvalue weighted by molar-refractivity contribution is 0.00577. The van der Waals surface area contributed by atoms with E-state index in [1.165, 1.54) is 11.3 Å². The molecule has 1 amide bonds. The third-order valence-corrected chi connectivity index (χ3v) is 4.91. The predicted molar refractivity (Wildman–Crippen MR) is 105 cm³/mol. The molecule has 1 rings (SSSR count). The standard InChI is InChI=1S/C19H32N2O5S/c1-9-25-17(22)13-11-27-16(20-13)15(24-8)10-14(12(2)3)21(7)18(23)26-19(4,5)6/h11-12,14-15H,9-10H2,1-8H3. The van der Waals surface area contributed by atoms with Gasteiger partial charge in [0, 0.05) is 32.0 Å². The minimum atomic E-state index is -0.558. The van der Waals surface area contributed by atoms with E-state index in [4.69, 9.17) is 14.2 Å².